The summed E-state index contributed by atoms with van der Waals surface area (Å²) in [5, 5.41) is 10.9. The van der Waals surface area contributed by atoms with Gasteiger partial charge in [0.2, 0.25) is 0 Å². The molecule has 2 fully saturated rings. The minimum absolute atomic E-state index is 0.230. The highest BCUT2D eigenvalue weighted by atomic mass is 35.5. The Balaban J connectivity index is 1.59. The maximum absolute atomic E-state index is 14.1. The molecule has 0 bridgehead atoms. The number of aliphatic hydroxyl groups excluding tert-OH is 1. The highest BCUT2D eigenvalue weighted by molar-refractivity contribution is 6.42. The van der Waals surface area contributed by atoms with Gasteiger partial charge in [0.1, 0.15) is 0 Å². The lowest BCUT2D eigenvalue weighted by Gasteiger charge is -2.22. The molecular formula is C14H14Cl2FNO3. The van der Waals surface area contributed by atoms with Gasteiger partial charge in [-0.15, -0.1) is 0 Å². The van der Waals surface area contributed by atoms with E-state index in [-0.39, 0.29) is 13.0 Å². The quantitative estimate of drug-likeness (QED) is 0.886. The van der Waals surface area contributed by atoms with Crippen LogP contribution in [0, 0.1) is 11.8 Å². The maximum Gasteiger partial charge on any atom is 0.255 e. The van der Waals surface area contributed by atoms with E-state index in [1.54, 1.807) is 18.2 Å². The smallest absolute Gasteiger partial charge is 0.255 e. The van der Waals surface area contributed by atoms with Crippen molar-refractivity contribution in [3.8, 4) is 0 Å². The third-order valence-electron chi connectivity index (χ3n) is 4.41. The highest BCUT2D eigenvalue weighted by Crippen LogP contribution is 2.63. The van der Waals surface area contributed by atoms with Crippen LogP contribution < -0.4 is 5.73 Å². The molecule has 2 saturated carbocycles. The minimum Gasteiger partial charge on any atom is -0.390 e. The number of nitrogens with two attached hydrogens (primary N) is 1. The normalized spacial score (nSPS) is 37.3. The lowest BCUT2D eigenvalue weighted by molar-refractivity contribution is -0.128. The van der Waals surface area contributed by atoms with E-state index < -0.39 is 35.6 Å². The van der Waals surface area contributed by atoms with E-state index in [2.05, 4.69) is 0 Å². The van der Waals surface area contributed by atoms with E-state index in [0.29, 0.717) is 10.0 Å². The Bertz CT molecular complexity index is 600. The van der Waals surface area contributed by atoms with Crippen molar-refractivity contribution in [1.82, 2.24) is 0 Å². The zero-order valence-corrected chi connectivity index (χ0v) is 12.4. The fourth-order valence-electron chi connectivity index (χ4n) is 3.22. The molecule has 0 unspecified atom stereocenters. The van der Waals surface area contributed by atoms with E-state index in [4.69, 9.17) is 33.7 Å². The average Bonchev–Trinajstić information content (AvgIpc) is 2.87. The Morgan fingerprint density at radius 3 is 2.71 bits per heavy atom. The Morgan fingerprint density at radius 1 is 1.48 bits per heavy atom. The fraction of sp³-hybridized carbons (Fsp3) is 0.500. The molecule has 2 aliphatic rings. The molecule has 0 heterocycles. The molecule has 3 N–H and O–H groups in total. The predicted molar refractivity (Wildman–Crippen MR) is 75.7 cm³/mol. The van der Waals surface area contributed by atoms with Crippen LogP contribution in [-0.4, -0.2) is 28.9 Å². The second kappa shape index (κ2) is 5.09. The number of fused-ring (bicyclic) bond motifs is 1. The summed E-state index contributed by atoms with van der Waals surface area (Å²) in [4.78, 5) is 11.1. The summed E-state index contributed by atoms with van der Waals surface area (Å²) in [5.41, 5.74) is 3.77. The summed E-state index contributed by atoms with van der Waals surface area (Å²) < 4.78 is 19.7. The van der Waals surface area contributed by atoms with Crippen LogP contribution in [0.3, 0.4) is 0 Å². The number of primary amides is 1. The molecule has 5 atom stereocenters. The number of carbonyl (C=O) groups excluding carboxylic acids is 1. The number of amides is 1. The second-order valence-electron chi connectivity index (χ2n) is 5.59. The average molecular weight is 334 g/mol. The zero-order valence-electron chi connectivity index (χ0n) is 10.9. The molecule has 1 aromatic rings. The molecule has 3 rings (SSSR count). The van der Waals surface area contributed by atoms with Gasteiger partial charge in [-0.3, -0.25) is 4.79 Å². The number of carbonyl (C=O) groups is 1. The van der Waals surface area contributed by atoms with Crippen molar-refractivity contribution in [3.05, 3.63) is 33.8 Å². The fourth-order valence-corrected chi connectivity index (χ4v) is 3.55. The summed E-state index contributed by atoms with van der Waals surface area (Å²) in [6.45, 7) is 0.230. The lowest BCUT2D eigenvalue weighted by atomic mass is 10.0. The van der Waals surface area contributed by atoms with Crippen LogP contribution in [0.25, 0.3) is 0 Å². The number of halogens is 3. The van der Waals surface area contributed by atoms with Crippen LogP contribution in [0.5, 0.6) is 0 Å². The number of hydrogen-bond donors (Lipinski definition) is 2. The molecule has 4 nitrogen and oxygen atoms in total. The van der Waals surface area contributed by atoms with E-state index in [1.165, 1.54) is 0 Å². The first-order chi connectivity index (χ1) is 9.85. The van der Waals surface area contributed by atoms with Crippen molar-refractivity contribution in [1.29, 1.82) is 0 Å². The van der Waals surface area contributed by atoms with Gasteiger partial charge in [0.05, 0.1) is 28.9 Å². The standard InChI is InChI=1S/C14H14Cl2FNO3/c15-8-2-1-6(3-9(8)16)5-21-10-4-7-11(12(10)19)14(7,17)13(18)20/h1-3,7,10-12,19H,4-5H2,(H2,18,20)/t7-,10-,11-,12+,14-/m1/s1. The summed E-state index contributed by atoms with van der Waals surface area (Å²) in [6, 6.07) is 5.10. The topological polar surface area (TPSA) is 72.6 Å². The molecule has 1 amide bonds. The lowest BCUT2D eigenvalue weighted by Crippen LogP contribution is -2.39. The van der Waals surface area contributed by atoms with Crippen molar-refractivity contribution in [2.75, 3.05) is 0 Å². The number of benzene rings is 1. The molecular weight excluding hydrogens is 320 g/mol. The molecule has 2 aliphatic carbocycles. The first-order valence-electron chi connectivity index (χ1n) is 6.58. The van der Waals surface area contributed by atoms with Gasteiger partial charge in [-0.2, -0.15) is 0 Å². The number of hydrogen-bond acceptors (Lipinski definition) is 3. The zero-order chi connectivity index (χ0) is 15.4. The van der Waals surface area contributed by atoms with Gasteiger partial charge in [0.25, 0.3) is 5.91 Å². The number of rotatable bonds is 4. The molecule has 0 aromatic heterocycles. The van der Waals surface area contributed by atoms with E-state index in [9.17, 15) is 14.3 Å². The molecule has 0 aliphatic heterocycles. The highest BCUT2D eigenvalue weighted by Gasteiger charge is 2.77. The number of alkyl halides is 1. The van der Waals surface area contributed by atoms with Crippen LogP contribution >= 0.6 is 23.2 Å². The molecule has 114 valence electrons. The van der Waals surface area contributed by atoms with Crippen LogP contribution in [-0.2, 0) is 16.1 Å². The Morgan fingerprint density at radius 2 is 2.19 bits per heavy atom. The molecule has 1 aromatic carbocycles. The Kier molecular flexibility index (Phi) is 3.64. The molecule has 0 radical (unpaired) electrons. The van der Waals surface area contributed by atoms with Gasteiger partial charge in [-0.05, 0) is 24.1 Å². The van der Waals surface area contributed by atoms with Gasteiger partial charge in [0.15, 0.2) is 5.67 Å². The Hall–Kier alpha value is -0.880. The van der Waals surface area contributed by atoms with E-state index >= 15 is 0 Å². The molecule has 0 spiro atoms. The SMILES string of the molecule is NC(=O)[C@]1(F)[C@H]2[C@@H](O)[C@H](OCc3ccc(Cl)c(Cl)c3)C[C@H]21. The van der Waals surface area contributed by atoms with Crippen LogP contribution in [0.15, 0.2) is 18.2 Å². The van der Waals surface area contributed by atoms with E-state index in [0.717, 1.165) is 5.56 Å². The van der Waals surface area contributed by atoms with Crippen molar-refractivity contribution in [2.24, 2.45) is 17.6 Å². The van der Waals surface area contributed by atoms with Gasteiger partial charge < -0.3 is 15.6 Å². The number of aliphatic hydroxyl groups is 1. The van der Waals surface area contributed by atoms with Crippen LogP contribution in [0.1, 0.15) is 12.0 Å². The summed E-state index contributed by atoms with van der Waals surface area (Å²) >= 11 is 11.7. The van der Waals surface area contributed by atoms with Crippen LogP contribution in [0.4, 0.5) is 4.39 Å². The largest absolute Gasteiger partial charge is 0.390 e. The molecule has 0 saturated heterocycles. The maximum atomic E-state index is 14.1. The predicted octanol–water partition coefficient (Wildman–Crippen LogP) is 2.08. The monoisotopic (exact) mass is 333 g/mol. The van der Waals surface area contributed by atoms with Crippen molar-refractivity contribution < 1.29 is 19.0 Å². The van der Waals surface area contributed by atoms with E-state index in [1.807, 2.05) is 0 Å². The summed E-state index contributed by atoms with van der Waals surface area (Å²) in [6.07, 6.45) is -1.24. The second-order valence-corrected chi connectivity index (χ2v) is 6.40. The van der Waals surface area contributed by atoms with Crippen molar-refractivity contribution in [3.63, 3.8) is 0 Å². The third kappa shape index (κ3) is 2.32. The first-order valence-corrected chi connectivity index (χ1v) is 7.33. The molecule has 21 heavy (non-hydrogen) atoms. The van der Waals surface area contributed by atoms with Crippen molar-refractivity contribution in [2.45, 2.75) is 30.9 Å². The van der Waals surface area contributed by atoms with Crippen LogP contribution in [0.2, 0.25) is 10.0 Å². The number of ether oxygens (including phenoxy) is 1. The van der Waals surface area contributed by atoms with Gasteiger partial charge >= 0.3 is 0 Å². The summed E-state index contributed by atoms with van der Waals surface area (Å²) in [5.74, 6) is -2.28. The van der Waals surface area contributed by atoms with Gasteiger partial charge in [-0.1, -0.05) is 29.3 Å². The van der Waals surface area contributed by atoms with Crippen molar-refractivity contribution >= 4 is 29.1 Å². The molecule has 7 heteroatoms. The van der Waals surface area contributed by atoms with Gasteiger partial charge in [-0.25, -0.2) is 4.39 Å². The Labute approximate surface area is 131 Å². The van der Waals surface area contributed by atoms with Gasteiger partial charge in [0, 0.05) is 11.8 Å². The minimum atomic E-state index is -2.07. The third-order valence-corrected chi connectivity index (χ3v) is 5.15. The first kappa shape index (κ1) is 15.0. The summed E-state index contributed by atoms with van der Waals surface area (Å²) in [7, 11) is 0.